The van der Waals surface area contributed by atoms with Crippen LogP contribution in [0.4, 0.5) is 14.9 Å². The molecule has 2 aliphatic rings. The molecule has 0 spiro atoms. The molecule has 6 nitrogen and oxygen atoms in total. The van der Waals surface area contributed by atoms with Crippen LogP contribution in [0.3, 0.4) is 0 Å². The smallest absolute Gasteiger partial charge is 0.326 e. The summed E-state index contributed by atoms with van der Waals surface area (Å²) < 4.78 is 19.5. The fourth-order valence-electron chi connectivity index (χ4n) is 5.03. The molecule has 1 N–H and O–H groups in total. The number of aromatic nitrogens is 1. The summed E-state index contributed by atoms with van der Waals surface area (Å²) in [7, 11) is 0. The Bertz CT molecular complexity index is 1120. The second-order valence-electron chi connectivity index (χ2n) is 9.00. The number of para-hydroxylation sites is 1. The van der Waals surface area contributed by atoms with Crippen LogP contribution in [-0.4, -0.2) is 65.1 Å². The van der Waals surface area contributed by atoms with Crippen LogP contribution in [0.5, 0.6) is 5.75 Å². The van der Waals surface area contributed by atoms with E-state index >= 15 is 0 Å². The number of H-pyrrole nitrogens is 1. The van der Waals surface area contributed by atoms with Crippen LogP contribution in [0.2, 0.25) is 0 Å². The van der Waals surface area contributed by atoms with Gasteiger partial charge in [-0.1, -0.05) is 30.2 Å². The number of likely N-dealkylation sites (tertiary alicyclic amines) is 1. The third-order valence-electron chi connectivity index (χ3n) is 6.85. The minimum atomic E-state index is -0.532. The number of benzene rings is 2. The molecule has 2 aromatic carbocycles. The van der Waals surface area contributed by atoms with Crippen molar-refractivity contribution in [2.75, 3.05) is 37.7 Å². The average Bonchev–Trinajstić information content (AvgIpc) is 3.37. The molecule has 0 bridgehead atoms. The number of aromatic amines is 1. The number of alkyl halides is 1. The van der Waals surface area contributed by atoms with E-state index in [1.54, 1.807) is 17.0 Å². The molecule has 0 saturated carbocycles. The maximum absolute atomic E-state index is 13.5. The highest BCUT2D eigenvalue weighted by molar-refractivity contribution is 6.26. The van der Waals surface area contributed by atoms with Crippen molar-refractivity contribution in [1.29, 1.82) is 0 Å². The van der Waals surface area contributed by atoms with Crippen molar-refractivity contribution in [2.45, 2.75) is 37.2 Å². The number of rotatable bonds is 8. The molecule has 0 radical (unpaired) electrons. The van der Waals surface area contributed by atoms with Crippen molar-refractivity contribution < 1.29 is 13.9 Å². The number of carbonyl (C=O) groups is 1. The lowest BCUT2D eigenvalue weighted by molar-refractivity contribution is 0.166. The number of nitrogens with one attached hydrogen (secondary N) is 1. The lowest BCUT2D eigenvalue weighted by Gasteiger charge is -2.30. The van der Waals surface area contributed by atoms with Crippen molar-refractivity contribution in [2.24, 2.45) is 0 Å². The summed E-state index contributed by atoms with van der Waals surface area (Å²) in [6.07, 6.45) is 6.35. The number of halogens is 2. The fraction of sp³-hybridized carbons (Fsp3) is 0.423. The van der Waals surface area contributed by atoms with E-state index in [1.165, 1.54) is 31.4 Å². The molecule has 34 heavy (non-hydrogen) atoms. The highest BCUT2D eigenvalue weighted by atomic mass is 35.5. The lowest BCUT2D eigenvalue weighted by atomic mass is 10.1. The van der Waals surface area contributed by atoms with E-state index in [0.29, 0.717) is 18.8 Å². The number of hydrogen-bond acceptors (Lipinski definition) is 3. The Kier molecular flexibility index (Phi) is 6.92. The van der Waals surface area contributed by atoms with E-state index in [1.807, 2.05) is 35.4 Å². The fourth-order valence-corrected chi connectivity index (χ4v) is 5.49. The Balaban J connectivity index is 1.30. The molecule has 8 heteroatoms. The first-order chi connectivity index (χ1) is 16.6. The summed E-state index contributed by atoms with van der Waals surface area (Å²) in [5.41, 5.74) is 1.09. The number of fused-ring (bicyclic) bond motifs is 1. The number of nitrogens with zero attached hydrogens (tertiary/aromatic N) is 3. The monoisotopic (exact) mass is 484 g/mol. The zero-order valence-electron chi connectivity index (χ0n) is 19.1. The molecule has 2 unspecified atom stereocenters. The van der Waals surface area contributed by atoms with Gasteiger partial charge in [0.25, 0.3) is 0 Å². The number of carbonyl (C=O) groups excluding carboxylic acids is 1. The van der Waals surface area contributed by atoms with Crippen molar-refractivity contribution in [1.82, 2.24) is 14.8 Å². The van der Waals surface area contributed by atoms with E-state index in [9.17, 15) is 9.18 Å². The maximum Gasteiger partial charge on any atom is 0.326 e. The van der Waals surface area contributed by atoms with Crippen LogP contribution in [0, 0.1) is 5.82 Å². The number of amides is 2. The predicted octanol–water partition coefficient (Wildman–Crippen LogP) is 5.44. The summed E-state index contributed by atoms with van der Waals surface area (Å²) in [6.45, 7) is 3.87. The predicted molar refractivity (Wildman–Crippen MR) is 133 cm³/mol. The maximum atomic E-state index is 13.5. The molecule has 2 saturated heterocycles. The van der Waals surface area contributed by atoms with Gasteiger partial charge < -0.3 is 19.5 Å². The van der Waals surface area contributed by atoms with E-state index in [0.717, 1.165) is 42.7 Å². The number of ether oxygens (including phenoxy) is 1. The van der Waals surface area contributed by atoms with Crippen LogP contribution in [0.1, 0.15) is 25.7 Å². The molecule has 2 amide bonds. The molecular weight excluding hydrogens is 455 g/mol. The summed E-state index contributed by atoms with van der Waals surface area (Å²) >= 11 is 6.89. The van der Waals surface area contributed by atoms with Crippen LogP contribution >= 0.6 is 11.6 Å². The Hall–Kier alpha value is -2.77. The first kappa shape index (κ1) is 23.0. The van der Waals surface area contributed by atoms with Gasteiger partial charge in [-0.15, -0.1) is 0 Å². The second kappa shape index (κ2) is 10.2. The van der Waals surface area contributed by atoms with Crippen molar-refractivity contribution in [3.63, 3.8) is 0 Å². The van der Waals surface area contributed by atoms with Gasteiger partial charge >= 0.3 is 6.03 Å². The minimum absolute atomic E-state index is 0.160. The molecule has 3 heterocycles. The first-order valence-electron chi connectivity index (χ1n) is 12.0. The summed E-state index contributed by atoms with van der Waals surface area (Å²) in [6, 6.07) is 13.6. The molecule has 2 atom stereocenters. The van der Waals surface area contributed by atoms with Crippen LogP contribution in [0.15, 0.2) is 54.7 Å². The van der Waals surface area contributed by atoms with Crippen molar-refractivity contribution in [3.05, 3.63) is 60.5 Å². The minimum Gasteiger partial charge on any atom is -0.490 e. The SMILES string of the molecule is O=C1N(CCOc2c[nH]c3ccccc23)C(CCN2CCCCC2)C(Cl)N1c1ccc(F)cc1. The van der Waals surface area contributed by atoms with Crippen molar-refractivity contribution >= 4 is 34.2 Å². The standard InChI is InChI=1S/C26H30ClFN4O2/c27-25-23(12-15-30-13-4-1-5-14-30)31(26(33)32(25)20-10-8-19(28)9-11-20)16-17-34-24-18-29-22-7-3-2-6-21(22)24/h2-3,6-11,18,23,25,29H,1,4-5,12-17H2. The van der Waals surface area contributed by atoms with Gasteiger partial charge in [-0.05, 0) is 68.8 Å². The Morgan fingerprint density at radius 1 is 1.03 bits per heavy atom. The van der Waals surface area contributed by atoms with E-state index in [2.05, 4.69) is 9.88 Å². The highest BCUT2D eigenvalue weighted by Gasteiger charge is 2.45. The third-order valence-corrected chi connectivity index (χ3v) is 7.34. The summed E-state index contributed by atoms with van der Waals surface area (Å²) in [5.74, 6) is 0.428. The van der Waals surface area contributed by atoms with Gasteiger partial charge in [0.1, 0.15) is 23.7 Å². The van der Waals surface area contributed by atoms with Crippen molar-refractivity contribution in [3.8, 4) is 5.75 Å². The summed E-state index contributed by atoms with van der Waals surface area (Å²) in [4.78, 5) is 22.5. The zero-order chi connectivity index (χ0) is 23.5. The number of piperidine rings is 1. The van der Waals surface area contributed by atoms with E-state index in [4.69, 9.17) is 16.3 Å². The van der Waals surface area contributed by atoms with E-state index in [-0.39, 0.29) is 17.9 Å². The van der Waals surface area contributed by atoms with Gasteiger partial charge in [0.2, 0.25) is 0 Å². The normalized spacial score (nSPS) is 21.5. The van der Waals surface area contributed by atoms with Gasteiger partial charge in [0.05, 0.1) is 12.6 Å². The van der Waals surface area contributed by atoms with Crippen LogP contribution < -0.4 is 9.64 Å². The Morgan fingerprint density at radius 3 is 2.59 bits per heavy atom. The van der Waals surface area contributed by atoms with Crippen LogP contribution in [0.25, 0.3) is 10.9 Å². The average molecular weight is 485 g/mol. The van der Waals surface area contributed by atoms with Gasteiger partial charge in [-0.2, -0.15) is 0 Å². The molecule has 0 aliphatic carbocycles. The molecule has 5 rings (SSSR count). The third kappa shape index (κ3) is 4.72. The molecule has 180 valence electrons. The Labute approximate surface area is 204 Å². The number of anilines is 1. The van der Waals surface area contributed by atoms with Gasteiger partial charge in [0.15, 0.2) is 0 Å². The zero-order valence-corrected chi connectivity index (χ0v) is 19.9. The van der Waals surface area contributed by atoms with Crippen LogP contribution in [-0.2, 0) is 0 Å². The number of hydrogen-bond donors (Lipinski definition) is 1. The van der Waals surface area contributed by atoms with E-state index < -0.39 is 5.50 Å². The largest absolute Gasteiger partial charge is 0.490 e. The quantitative estimate of drug-likeness (QED) is 0.342. The Morgan fingerprint density at radius 2 is 1.79 bits per heavy atom. The number of urea groups is 1. The molecule has 2 fully saturated rings. The topological polar surface area (TPSA) is 51.8 Å². The molecular formula is C26H30ClFN4O2. The van der Waals surface area contributed by atoms with Gasteiger partial charge in [-0.25, -0.2) is 9.18 Å². The van der Waals surface area contributed by atoms with Gasteiger partial charge in [0, 0.05) is 29.3 Å². The molecule has 3 aromatic rings. The second-order valence-corrected chi connectivity index (χ2v) is 9.45. The lowest BCUT2D eigenvalue weighted by Crippen LogP contribution is -2.41. The molecule has 1 aromatic heterocycles. The highest BCUT2D eigenvalue weighted by Crippen LogP contribution is 2.33. The first-order valence-corrected chi connectivity index (χ1v) is 12.5. The van der Waals surface area contributed by atoms with Gasteiger partial charge in [-0.3, -0.25) is 4.90 Å². The summed E-state index contributed by atoms with van der Waals surface area (Å²) in [5, 5.41) is 1.01. The molecule has 2 aliphatic heterocycles.